The second-order valence-corrected chi connectivity index (χ2v) is 6.99. The van der Waals surface area contributed by atoms with E-state index < -0.39 is 0 Å². The Morgan fingerprint density at radius 2 is 1.95 bits per heavy atom. The maximum Gasteiger partial charge on any atom is 0.0594 e. The van der Waals surface area contributed by atoms with Crippen LogP contribution in [0.25, 0.3) is 0 Å². The molecular weight excluding hydrogens is 260 g/mol. The van der Waals surface area contributed by atoms with E-state index in [1.165, 1.54) is 37.9 Å². The van der Waals surface area contributed by atoms with Crippen molar-refractivity contribution in [3.05, 3.63) is 34.9 Å². The highest BCUT2D eigenvalue weighted by Gasteiger charge is 2.46. The van der Waals surface area contributed by atoms with Crippen LogP contribution in [0.5, 0.6) is 0 Å². The zero-order chi connectivity index (χ0) is 14.3. The third kappa shape index (κ3) is 2.32. The average molecular weight is 286 g/mol. The number of rotatable bonds is 1. The highest BCUT2D eigenvalue weighted by molar-refractivity contribution is 5.45. The van der Waals surface area contributed by atoms with Crippen LogP contribution in [0, 0.1) is 6.92 Å². The molecule has 0 saturated carbocycles. The molecule has 0 radical (unpaired) electrons. The van der Waals surface area contributed by atoms with E-state index in [1.54, 1.807) is 11.1 Å². The summed E-state index contributed by atoms with van der Waals surface area (Å²) in [6.45, 7) is 8.54. The summed E-state index contributed by atoms with van der Waals surface area (Å²) >= 11 is 0. The van der Waals surface area contributed by atoms with Crippen LogP contribution in [-0.2, 0) is 10.2 Å². The number of hydrogen-bond acceptors (Lipinski definition) is 3. The maximum absolute atomic E-state index is 5.55. The van der Waals surface area contributed by atoms with E-state index in [4.69, 9.17) is 4.74 Å². The van der Waals surface area contributed by atoms with Gasteiger partial charge in [-0.25, -0.2) is 0 Å². The molecule has 0 unspecified atom stereocenters. The van der Waals surface area contributed by atoms with E-state index in [-0.39, 0.29) is 0 Å². The van der Waals surface area contributed by atoms with Gasteiger partial charge in [0.05, 0.1) is 13.2 Å². The molecule has 3 aliphatic rings. The Morgan fingerprint density at radius 1 is 1.19 bits per heavy atom. The average Bonchev–Trinajstić information content (AvgIpc) is 2.83. The van der Waals surface area contributed by atoms with Crippen molar-refractivity contribution in [2.75, 3.05) is 39.4 Å². The first-order chi connectivity index (χ1) is 10.3. The van der Waals surface area contributed by atoms with Gasteiger partial charge in [-0.15, -0.1) is 0 Å². The van der Waals surface area contributed by atoms with Gasteiger partial charge < -0.3 is 10.1 Å². The Labute approximate surface area is 127 Å². The minimum Gasteiger partial charge on any atom is -0.379 e. The van der Waals surface area contributed by atoms with Gasteiger partial charge in [0.2, 0.25) is 0 Å². The van der Waals surface area contributed by atoms with Crippen molar-refractivity contribution < 1.29 is 4.74 Å². The summed E-state index contributed by atoms with van der Waals surface area (Å²) in [7, 11) is 0. The predicted octanol–water partition coefficient (Wildman–Crippen LogP) is 2.39. The molecule has 1 N–H and O–H groups in total. The van der Waals surface area contributed by atoms with Gasteiger partial charge in [0.1, 0.15) is 0 Å². The Morgan fingerprint density at radius 3 is 2.71 bits per heavy atom. The summed E-state index contributed by atoms with van der Waals surface area (Å²) in [6.07, 6.45) is 3.90. The number of nitrogens with one attached hydrogen (secondary N) is 1. The lowest BCUT2D eigenvalue weighted by Gasteiger charge is -2.37. The highest BCUT2D eigenvalue weighted by atomic mass is 16.5. The van der Waals surface area contributed by atoms with Crippen LogP contribution in [0.15, 0.2) is 18.2 Å². The number of ether oxygens (including phenoxy) is 1. The van der Waals surface area contributed by atoms with E-state index in [0.717, 1.165) is 26.3 Å². The minimum atomic E-state index is 0.426. The Kier molecular flexibility index (Phi) is 3.52. The second kappa shape index (κ2) is 5.38. The quantitative estimate of drug-likeness (QED) is 0.858. The summed E-state index contributed by atoms with van der Waals surface area (Å²) in [4.78, 5) is 2.66. The first-order valence-electron chi connectivity index (χ1n) is 8.42. The van der Waals surface area contributed by atoms with Crippen molar-refractivity contribution in [3.63, 3.8) is 0 Å². The number of morpholine rings is 1. The molecule has 4 rings (SSSR count). The van der Waals surface area contributed by atoms with Gasteiger partial charge in [0, 0.05) is 19.1 Å². The van der Waals surface area contributed by atoms with Crippen LogP contribution >= 0.6 is 0 Å². The monoisotopic (exact) mass is 286 g/mol. The van der Waals surface area contributed by atoms with Gasteiger partial charge in [0.15, 0.2) is 0 Å². The molecule has 1 atom stereocenters. The predicted molar refractivity (Wildman–Crippen MR) is 84.7 cm³/mol. The zero-order valence-corrected chi connectivity index (χ0v) is 13.0. The van der Waals surface area contributed by atoms with Gasteiger partial charge in [-0.1, -0.05) is 23.8 Å². The van der Waals surface area contributed by atoms with Crippen molar-refractivity contribution in [3.8, 4) is 0 Å². The number of hydrogen-bond donors (Lipinski definition) is 1. The Balaban J connectivity index is 1.72. The molecule has 2 heterocycles. The highest BCUT2D eigenvalue weighted by Crippen LogP contribution is 2.52. The SMILES string of the molecule is Cc1ccc2c(c1)C1(CCNCC1)C[C@@H]2N1CCOCC1. The van der Waals surface area contributed by atoms with E-state index in [2.05, 4.69) is 35.3 Å². The van der Waals surface area contributed by atoms with E-state index in [9.17, 15) is 0 Å². The molecule has 3 nitrogen and oxygen atoms in total. The van der Waals surface area contributed by atoms with Crippen molar-refractivity contribution in [2.45, 2.75) is 37.6 Å². The first-order valence-corrected chi connectivity index (χ1v) is 8.42. The summed E-state index contributed by atoms with van der Waals surface area (Å²) < 4.78 is 5.55. The molecule has 0 aromatic heterocycles. The molecule has 1 aromatic rings. The smallest absolute Gasteiger partial charge is 0.0594 e. The molecule has 114 valence electrons. The molecule has 3 heteroatoms. The van der Waals surface area contributed by atoms with Gasteiger partial charge in [-0.05, 0) is 55.8 Å². The first kappa shape index (κ1) is 13.7. The van der Waals surface area contributed by atoms with Gasteiger partial charge >= 0.3 is 0 Å². The fraction of sp³-hybridized carbons (Fsp3) is 0.667. The second-order valence-electron chi connectivity index (χ2n) is 6.99. The molecule has 1 aromatic carbocycles. The van der Waals surface area contributed by atoms with Crippen LogP contribution in [0.1, 0.15) is 42.0 Å². The number of piperidine rings is 1. The fourth-order valence-electron chi connectivity index (χ4n) is 4.60. The molecule has 0 amide bonds. The minimum absolute atomic E-state index is 0.426. The normalized spacial score (nSPS) is 28.7. The van der Waals surface area contributed by atoms with Crippen LogP contribution in [0.2, 0.25) is 0 Å². The third-order valence-electron chi connectivity index (χ3n) is 5.77. The summed E-state index contributed by atoms with van der Waals surface area (Å²) in [6, 6.07) is 7.79. The number of nitrogens with zero attached hydrogens (tertiary/aromatic N) is 1. The maximum atomic E-state index is 5.55. The lowest BCUT2D eigenvalue weighted by molar-refractivity contribution is 0.0120. The van der Waals surface area contributed by atoms with Crippen LogP contribution in [0.3, 0.4) is 0 Å². The molecular formula is C18H26N2O. The summed E-state index contributed by atoms with van der Waals surface area (Å²) in [5.74, 6) is 0. The summed E-state index contributed by atoms with van der Waals surface area (Å²) in [5, 5.41) is 3.54. The molecule has 1 aliphatic carbocycles. The molecule has 2 aliphatic heterocycles. The van der Waals surface area contributed by atoms with Crippen molar-refractivity contribution in [2.24, 2.45) is 0 Å². The van der Waals surface area contributed by atoms with E-state index in [1.807, 2.05) is 0 Å². The fourth-order valence-corrected chi connectivity index (χ4v) is 4.60. The Hall–Kier alpha value is -0.900. The van der Waals surface area contributed by atoms with Crippen molar-refractivity contribution in [1.82, 2.24) is 10.2 Å². The number of benzene rings is 1. The third-order valence-corrected chi connectivity index (χ3v) is 5.77. The number of fused-ring (bicyclic) bond motifs is 2. The van der Waals surface area contributed by atoms with Crippen LogP contribution in [-0.4, -0.2) is 44.3 Å². The largest absolute Gasteiger partial charge is 0.379 e. The topological polar surface area (TPSA) is 24.5 Å². The molecule has 1 spiro atoms. The van der Waals surface area contributed by atoms with E-state index >= 15 is 0 Å². The summed E-state index contributed by atoms with van der Waals surface area (Å²) in [5.41, 5.74) is 5.09. The molecule has 2 saturated heterocycles. The molecule has 2 fully saturated rings. The Bertz CT molecular complexity index is 516. The molecule has 0 bridgehead atoms. The lowest BCUT2D eigenvalue weighted by atomic mass is 9.74. The standard InChI is InChI=1S/C18H26N2O/c1-14-2-3-15-16(12-14)18(4-6-19-7-5-18)13-17(15)20-8-10-21-11-9-20/h2-3,12,17,19H,4-11,13H2,1H3/t17-/m0/s1. The van der Waals surface area contributed by atoms with Crippen molar-refractivity contribution >= 4 is 0 Å². The van der Waals surface area contributed by atoms with Gasteiger partial charge in [-0.3, -0.25) is 4.90 Å². The van der Waals surface area contributed by atoms with Gasteiger partial charge in [-0.2, -0.15) is 0 Å². The zero-order valence-electron chi connectivity index (χ0n) is 13.0. The van der Waals surface area contributed by atoms with E-state index in [0.29, 0.717) is 11.5 Å². The molecule has 21 heavy (non-hydrogen) atoms. The number of aryl methyl sites for hydroxylation is 1. The van der Waals surface area contributed by atoms with Crippen LogP contribution < -0.4 is 5.32 Å². The van der Waals surface area contributed by atoms with Crippen molar-refractivity contribution in [1.29, 1.82) is 0 Å². The van der Waals surface area contributed by atoms with Gasteiger partial charge in [0.25, 0.3) is 0 Å². The lowest BCUT2D eigenvalue weighted by Crippen LogP contribution is -2.41. The van der Waals surface area contributed by atoms with Crippen LogP contribution in [0.4, 0.5) is 0 Å².